The summed E-state index contributed by atoms with van der Waals surface area (Å²) in [7, 11) is 0. The summed E-state index contributed by atoms with van der Waals surface area (Å²) in [5, 5.41) is 12.7. The first-order valence-electron chi connectivity index (χ1n) is 5.95. The molecule has 1 saturated heterocycles. The van der Waals surface area contributed by atoms with Crippen molar-refractivity contribution in [1.29, 1.82) is 0 Å². The number of nitrogens with two attached hydrogens (primary N) is 1. The SMILES string of the molecule is CC1(O)CCCN(CC(=O)NCCN)CC1. The van der Waals surface area contributed by atoms with Gasteiger partial charge in [-0.25, -0.2) is 0 Å². The Bertz CT molecular complexity index is 231. The molecule has 0 bridgehead atoms. The number of rotatable bonds is 4. The minimum Gasteiger partial charge on any atom is -0.390 e. The first kappa shape index (κ1) is 13.4. The molecule has 4 N–H and O–H groups in total. The third kappa shape index (κ3) is 4.92. The number of likely N-dealkylation sites (tertiary alicyclic amines) is 1. The lowest BCUT2D eigenvalue weighted by Crippen LogP contribution is -2.39. The standard InChI is InChI=1S/C11H23N3O2/c1-11(16)3-2-7-14(8-4-11)9-10(15)13-6-5-12/h16H,2-9,12H2,1H3,(H,13,15). The van der Waals surface area contributed by atoms with E-state index in [-0.39, 0.29) is 5.91 Å². The van der Waals surface area contributed by atoms with E-state index in [0.717, 1.165) is 32.4 Å². The van der Waals surface area contributed by atoms with Crippen LogP contribution in [0.5, 0.6) is 0 Å². The number of carbonyl (C=O) groups is 1. The lowest BCUT2D eigenvalue weighted by Gasteiger charge is -2.21. The van der Waals surface area contributed by atoms with Gasteiger partial charge in [0.2, 0.25) is 5.91 Å². The second-order valence-electron chi connectivity index (χ2n) is 4.77. The predicted molar refractivity (Wildman–Crippen MR) is 63.0 cm³/mol. The van der Waals surface area contributed by atoms with E-state index >= 15 is 0 Å². The molecular formula is C11H23N3O2. The molecule has 0 radical (unpaired) electrons. The molecule has 1 fully saturated rings. The number of amides is 1. The Kier molecular flexibility index (Phi) is 5.18. The van der Waals surface area contributed by atoms with Crippen LogP contribution in [-0.4, -0.2) is 54.2 Å². The van der Waals surface area contributed by atoms with Gasteiger partial charge in [-0.15, -0.1) is 0 Å². The van der Waals surface area contributed by atoms with Crippen LogP contribution in [-0.2, 0) is 4.79 Å². The van der Waals surface area contributed by atoms with Crippen molar-refractivity contribution in [2.75, 3.05) is 32.7 Å². The molecule has 0 aliphatic carbocycles. The second kappa shape index (κ2) is 6.18. The average molecular weight is 229 g/mol. The molecule has 5 nitrogen and oxygen atoms in total. The number of nitrogens with zero attached hydrogens (tertiary/aromatic N) is 1. The Morgan fingerprint density at radius 2 is 2.25 bits per heavy atom. The van der Waals surface area contributed by atoms with E-state index in [2.05, 4.69) is 10.2 Å². The van der Waals surface area contributed by atoms with Crippen LogP contribution in [0.3, 0.4) is 0 Å². The van der Waals surface area contributed by atoms with Crippen molar-refractivity contribution in [1.82, 2.24) is 10.2 Å². The van der Waals surface area contributed by atoms with Crippen molar-refractivity contribution in [3.63, 3.8) is 0 Å². The summed E-state index contributed by atoms with van der Waals surface area (Å²) in [6.45, 7) is 4.95. The molecule has 1 rings (SSSR count). The highest BCUT2D eigenvalue weighted by molar-refractivity contribution is 5.77. The van der Waals surface area contributed by atoms with Crippen molar-refractivity contribution >= 4 is 5.91 Å². The molecule has 5 heteroatoms. The van der Waals surface area contributed by atoms with Gasteiger partial charge >= 0.3 is 0 Å². The summed E-state index contributed by atoms with van der Waals surface area (Å²) in [6, 6.07) is 0. The molecule has 0 saturated carbocycles. The normalized spacial score (nSPS) is 27.4. The van der Waals surface area contributed by atoms with Crippen LogP contribution in [0.15, 0.2) is 0 Å². The number of hydrogen-bond acceptors (Lipinski definition) is 4. The van der Waals surface area contributed by atoms with E-state index in [0.29, 0.717) is 19.6 Å². The van der Waals surface area contributed by atoms with Gasteiger partial charge in [0.05, 0.1) is 12.1 Å². The summed E-state index contributed by atoms with van der Waals surface area (Å²) in [6.07, 6.45) is 2.49. The van der Waals surface area contributed by atoms with Gasteiger partial charge in [0.15, 0.2) is 0 Å². The van der Waals surface area contributed by atoms with Crippen LogP contribution >= 0.6 is 0 Å². The highest BCUT2D eigenvalue weighted by atomic mass is 16.3. The van der Waals surface area contributed by atoms with E-state index in [1.54, 1.807) is 0 Å². The van der Waals surface area contributed by atoms with Gasteiger partial charge < -0.3 is 16.2 Å². The summed E-state index contributed by atoms with van der Waals surface area (Å²) in [4.78, 5) is 13.6. The Morgan fingerprint density at radius 1 is 1.50 bits per heavy atom. The lowest BCUT2D eigenvalue weighted by atomic mass is 9.98. The quantitative estimate of drug-likeness (QED) is 0.595. The van der Waals surface area contributed by atoms with Gasteiger partial charge in [-0.1, -0.05) is 0 Å². The molecule has 1 amide bonds. The zero-order chi connectivity index (χ0) is 12.0. The average Bonchev–Trinajstić information content (AvgIpc) is 2.37. The fourth-order valence-electron chi connectivity index (χ4n) is 1.95. The third-order valence-corrected chi connectivity index (χ3v) is 2.99. The Morgan fingerprint density at radius 3 is 2.94 bits per heavy atom. The van der Waals surface area contributed by atoms with E-state index in [1.165, 1.54) is 0 Å². The van der Waals surface area contributed by atoms with Crippen molar-refractivity contribution in [3.8, 4) is 0 Å². The van der Waals surface area contributed by atoms with Gasteiger partial charge in [0.25, 0.3) is 0 Å². The van der Waals surface area contributed by atoms with Crippen LogP contribution in [0.25, 0.3) is 0 Å². The van der Waals surface area contributed by atoms with E-state index in [9.17, 15) is 9.90 Å². The van der Waals surface area contributed by atoms with Crippen molar-refractivity contribution in [3.05, 3.63) is 0 Å². The third-order valence-electron chi connectivity index (χ3n) is 2.99. The first-order chi connectivity index (χ1) is 7.53. The molecule has 0 spiro atoms. The molecule has 0 aromatic heterocycles. The summed E-state index contributed by atoms with van der Waals surface area (Å²) in [5.41, 5.74) is 4.74. The predicted octanol–water partition coefficient (Wildman–Crippen LogP) is -0.702. The minimum atomic E-state index is -0.567. The fourth-order valence-corrected chi connectivity index (χ4v) is 1.95. The molecule has 1 unspecified atom stereocenters. The summed E-state index contributed by atoms with van der Waals surface area (Å²) >= 11 is 0. The maximum atomic E-state index is 11.5. The Hall–Kier alpha value is -0.650. The molecule has 16 heavy (non-hydrogen) atoms. The first-order valence-corrected chi connectivity index (χ1v) is 5.95. The van der Waals surface area contributed by atoms with Gasteiger partial charge in [-0.05, 0) is 32.7 Å². The molecule has 0 aromatic carbocycles. The Balaban J connectivity index is 2.29. The highest BCUT2D eigenvalue weighted by Crippen LogP contribution is 2.20. The minimum absolute atomic E-state index is 0.0204. The molecule has 1 heterocycles. The van der Waals surface area contributed by atoms with Gasteiger partial charge in [0.1, 0.15) is 0 Å². The van der Waals surface area contributed by atoms with Gasteiger partial charge in [-0.3, -0.25) is 9.69 Å². The van der Waals surface area contributed by atoms with E-state index in [4.69, 9.17) is 5.73 Å². The molecular weight excluding hydrogens is 206 g/mol. The van der Waals surface area contributed by atoms with Crippen LogP contribution in [0.2, 0.25) is 0 Å². The summed E-state index contributed by atoms with van der Waals surface area (Å²) < 4.78 is 0. The van der Waals surface area contributed by atoms with Crippen molar-refractivity contribution in [2.45, 2.75) is 31.8 Å². The number of hydrogen-bond donors (Lipinski definition) is 3. The topological polar surface area (TPSA) is 78.6 Å². The van der Waals surface area contributed by atoms with Crippen LogP contribution in [0, 0.1) is 0 Å². The van der Waals surface area contributed by atoms with Crippen LogP contribution < -0.4 is 11.1 Å². The van der Waals surface area contributed by atoms with E-state index < -0.39 is 5.60 Å². The fraction of sp³-hybridized carbons (Fsp3) is 0.909. The zero-order valence-corrected chi connectivity index (χ0v) is 10.0. The highest BCUT2D eigenvalue weighted by Gasteiger charge is 2.25. The molecule has 0 aromatic rings. The number of nitrogens with one attached hydrogen (secondary N) is 1. The van der Waals surface area contributed by atoms with Gasteiger partial charge in [-0.2, -0.15) is 0 Å². The molecule has 94 valence electrons. The number of aliphatic hydroxyl groups is 1. The van der Waals surface area contributed by atoms with Crippen LogP contribution in [0.1, 0.15) is 26.2 Å². The smallest absolute Gasteiger partial charge is 0.234 e. The second-order valence-corrected chi connectivity index (χ2v) is 4.77. The molecule has 1 atom stereocenters. The maximum Gasteiger partial charge on any atom is 0.234 e. The number of carbonyl (C=O) groups excluding carboxylic acids is 1. The van der Waals surface area contributed by atoms with Gasteiger partial charge in [0, 0.05) is 19.6 Å². The summed E-state index contributed by atoms with van der Waals surface area (Å²) in [5.74, 6) is 0.0204. The van der Waals surface area contributed by atoms with Crippen molar-refractivity contribution in [2.24, 2.45) is 5.73 Å². The zero-order valence-electron chi connectivity index (χ0n) is 10.0. The largest absolute Gasteiger partial charge is 0.390 e. The lowest BCUT2D eigenvalue weighted by molar-refractivity contribution is -0.122. The van der Waals surface area contributed by atoms with Crippen LogP contribution in [0.4, 0.5) is 0 Å². The van der Waals surface area contributed by atoms with E-state index in [1.807, 2.05) is 6.92 Å². The van der Waals surface area contributed by atoms with Crippen molar-refractivity contribution < 1.29 is 9.90 Å². The monoisotopic (exact) mass is 229 g/mol. The molecule has 1 aliphatic rings. The molecule has 1 aliphatic heterocycles. The Labute approximate surface area is 97.0 Å². The maximum absolute atomic E-state index is 11.5.